The summed E-state index contributed by atoms with van der Waals surface area (Å²) in [6.07, 6.45) is -4.49. The van der Waals surface area contributed by atoms with E-state index in [2.05, 4.69) is 19.1 Å². The van der Waals surface area contributed by atoms with E-state index < -0.39 is 46.8 Å². The molecule has 0 aromatic carbocycles. The number of aromatic nitrogens is 4. The van der Waals surface area contributed by atoms with Crippen LogP contribution in [-0.4, -0.2) is 82.7 Å². The van der Waals surface area contributed by atoms with Crippen LogP contribution in [0.4, 0.5) is 19.0 Å². The zero-order valence-electron chi connectivity index (χ0n) is 14.5. The van der Waals surface area contributed by atoms with Gasteiger partial charge in [-0.05, 0) is 0 Å². The molecule has 0 aliphatic carbocycles. The number of fused-ring (bicyclic) bond motifs is 1. The van der Waals surface area contributed by atoms with Gasteiger partial charge in [0.1, 0.15) is 18.5 Å². The maximum absolute atomic E-state index is 12.7. The highest BCUT2D eigenvalue weighted by molar-refractivity contribution is 7.87. The van der Waals surface area contributed by atoms with E-state index in [4.69, 9.17) is 4.74 Å². The van der Waals surface area contributed by atoms with Crippen LogP contribution < -0.4 is 4.90 Å². The van der Waals surface area contributed by atoms with Crippen LogP contribution in [0.15, 0.2) is 12.7 Å². The minimum absolute atomic E-state index is 0.104. The monoisotopic (exact) mass is 427 g/mol. The van der Waals surface area contributed by atoms with Gasteiger partial charge in [-0.1, -0.05) is 0 Å². The van der Waals surface area contributed by atoms with Gasteiger partial charge in [0.2, 0.25) is 0 Å². The predicted molar refractivity (Wildman–Crippen MR) is 86.5 cm³/mol. The first kappa shape index (κ1) is 20.7. The Bertz CT molecular complexity index is 965. The first-order chi connectivity index (χ1) is 13.0. The van der Waals surface area contributed by atoms with Gasteiger partial charge in [0.15, 0.2) is 29.3 Å². The Kier molecular flexibility index (Phi) is 5.22. The topological polar surface area (TPSA) is 140 Å². The third kappa shape index (κ3) is 3.39. The molecule has 1 aliphatic heterocycles. The van der Waals surface area contributed by atoms with E-state index in [9.17, 15) is 31.8 Å². The fraction of sp³-hybridized carbons (Fsp3) is 0.615. The lowest BCUT2D eigenvalue weighted by molar-refractivity contribution is -0.0698. The summed E-state index contributed by atoms with van der Waals surface area (Å²) in [5.41, 5.74) is -5.34. The van der Waals surface area contributed by atoms with Gasteiger partial charge in [-0.25, -0.2) is 15.0 Å². The molecule has 28 heavy (non-hydrogen) atoms. The van der Waals surface area contributed by atoms with E-state index >= 15 is 0 Å². The summed E-state index contributed by atoms with van der Waals surface area (Å²) >= 11 is 0. The molecule has 3 rings (SSSR count). The molecule has 15 heteroatoms. The Labute approximate surface area is 156 Å². The molecule has 0 unspecified atom stereocenters. The molecule has 0 amide bonds. The molecule has 1 aliphatic rings. The summed E-state index contributed by atoms with van der Waals surface area (Å²) in [4.78, 5) is 13.7. The van der Waals surface area contributed by atoms with Gasteiger partial charge in [-0.15, -0.1) is 0 Å². The lowest BCUT2D eigenvalue weighted by atomic mass is 10.1. The van der Waals surface area contributed by atoms with Crippen LogP contribution in [-0.2, 0) is 19.0 Å². The second-order valence-electron chi connectivity index (χ2n) is 6.11. The Morgan fingerprint density at radius 3 is 2.57 bits per heavy atom. The Morgan fingerprint density at radius 1 is 1.32 bits per heavy atom. The highest BCUT2D eigenvalue weighted by Gasteiger charge is 2.54. The maximum Gasteiger partial charge on any atom is 0.523 e. The number of anilines is 1. The molecule has 3 heterocycles. The minimum atomic E-state index is -6.04. The molecule has 2 N–H and O–H groups in total. The average Bonchev–Trinajstić information content (AvgIpc) is 3.15. The van der Waals surface area contributed by atoms with E-state index in [0.717, 1.165) is 10.9 Å². The van der Waals surface area contributed by atoms with Crippen LogP contribution in [0.2, 0.25) is 0 Å². The van der Waals surface area contributed by atoms with E-state index in [1.165, 1.54) is 6.33 Å². The summed E-state index contributed by atoms with van der Waals surface area (Å²) in [5.74, 6) is 0.390. The van der Waals surface area contributed by atoms with Crippen molar-refractivity contribution >= 4 is 27.1 Å². The molecule has 1 fully saturated rings. The number of nitrogens with zero attached hydrogens (tertiary/aromatic N) is 5. The molecule has 0 spiro atoms. The number of alkyl halides is 3. The summed E-state index contributed by atoms with van der Waals surface area (Å²) in [6.45, 7) is -0.784. The smallest absolute Gasteiger partial charge is 0.394 e. The van der Waals surface area contributed by atoms with E-state index in [1.807, 2.05) is 0 Å². The van der Waals surface area contributed by atoms with Gasteiger partial charge in [0, 0.05) is 14.1 Å². The standard InChI is InChI=1S/C13H16F3N5O6S/c1-20(2)10-7-11(18-4-17-10)21(5-19-7)12-9(8(23)6(3-22)26-12)27-28(24,25)13(14,15)16/h4-6,8-9,12,22-23H,3H2,1-2H3/t6-,8-,9-,12-/m1/s1. The van der Waals surface area contributed by atoms with Crippen molar-refractivity contribution in [1.82, 2.24) is 19.5 Å². The number of hydrogen-bond donors (Lipinski definition) is 2. The SMILES string of the molecule is CN(C)c1ncnc2c1ncn2[C@@H]1O[C@H](CO)[C@@H](O)[C@H]1OS(=O)(=O)C(F)(F)F. The van der Waals surface area contributed by atoms with Crippen molar-refractivity contribution < 1.29 is 40.7 Å². The van der Waals surface area contributed by atoms with E-state index in [-0.39, 0.29) is 11.2 Å². The van der Waals surface area contributed by atoms with Gasteiger partial charge < -0.3 is 19.8 Å². The maximum atomic E-state index is 12.7. The van der Waals surface area contributed by atoms with Crippen LogP contribution in [0.25, 0.3) is 11.2 Å². The number of aliphatic hydroxyl groups excluding tert-OH is 2. The highest BCUT2D eigenvalue weighted by Crippen LogP contribution is 2.37. The molecule has 0 radical (unpaired) electrons. The third-order valence-corrected chi connectivity index (χ3v) is 5.09. The lowest BCUT2D eigenvalue weighted by Crippen LogP contribution is -2.40. The van der Waals surface area contributed by atoms with Gasteiger partial charge in [-0.3, -0.25) is 8.75 Å². The number of imidazole rings is 1. The average molecular weight is 427 g/mol. The normalized spacial score (nSPS) is 26.1. The highest BCUT2D eigenvalue weighted by atomic mass is 32.2. The summed E-state index contributed by atoms with van der Waals surface area (Å²) in [5, 5.41) is 19.4. The second-order valence-corrected chi connectivity index (χ2v) is 7.68. The van der Waals surface area contributed by atoms with Crippen molar-refractivity contribution in [2.45, 2.75) is 30.0 Å². The van der Waals surface area contributed by atoms with Crippen molar-refractivity contribution in [2.24, 2.45) is 0 Å². The van der Waals surface area contributed by atoms with Gasteiger partial charge >= 0.3 is 15.6 Å². The van der Waals surface area contributed by atoms with Crippen molar-refractivity contribution in [2.75, 3.05) is 25.6 Å². The minimum Gasteiger partial charge on any atom is -0.394 e. The quantitative estimate of drug-likeness (QED) is 0.468. The fourth-order valence-electron chi connectivity index (χ4n) is 2.75. The molecule has 11 nitrogen and oxygen atoms in total. The third-order valence-electron chi connectivity index (χ3n) is 4.05. The van der Waals surface area contributed by atoms with Crippen LogP contribution in [0.3, 0.4) is 0 Å². The van der Waals surface area contributed by atoms with Crippen molar-refractivity contribution in [3.63, 3.8) is 0 Å². The van der Waals surface area contributed by atoms with Gasteiger partial charge in [0.05, 0.1) is 12.9 Å². The second kappa shape index (κ2) is 7.07. The molecule has 1 saturated heterocycles. The molecular formula is C13H16F3N5O6S. The number of hydrogen-bond acceptors (Lipinski definition) is 10. The van der Waals surface area contributed by atoms with Crippen molar-refractivity contribution in [3.05, 3.63) is 12.7 Å². The molecule has 2 aromatic heterocycles. The molecule has 0 saturated carbocycles. The van der Waals surface area contributed by atoms with E-state index in [1.54, 1.807) is 19.0 Å². The number of aliphatic hydroxyl groups is 2. The summed E-state index contributed by atoms with van der Waals surface area (Å²) in [7, 11) is -2.68. The van der Waals surface area contributed by atoms with Crippen LogP contribution in [0.1, 0.15) is 6.23 Å². The van der Waals surface area contributed by atoms with Crippen molar-refractivity contribution in [3.8, 4) is 0 Å². The number of halogens is 3. The zero-order chi connectivity index (χ0) is 20.9. The molecule has 4 atom stereocenters. The van der Waals surface area contributed by atoms with Crippen LogP contribution in [0.5, 0.6) is 0 Å². The van der Waals surface area contributed by atoms with Gasteiger partial charge in [-0.2, -0.15) is 21.6 Å². The predicted octanol–water partition coefficient (Wildman–Crippen LogP) is -0.622. The first-order valence-electron chi connectivity index (χ1n) is 7.76. The summed E-state index contributed by atoms with van der Waals surface area (Å²) in [6, 6.07) is 0. The largest absolute Gasteiger partial charge is 0.523 e. The van der Waals surface area contributed by atoms with Crippen molar-refractivity contribution in [1.29, 1.82) is 0 Å². The molecular weight excluding hydrogens is 411 g/mol. The molecule has 156 valence electrons. The van der Waals surface area contributed by atoms with Gasteiger partial charge in [0.25, 0.3) is 0 Å². The van der Waals surface area contributed by atoms with Crippen LogP contribution in [0, 0.1) is 0 Å². The number of ether oxygens (including phenoxy) is 1. The zero-order valence-corrected chi connectivity index (χ0v) is 15.3. The Morgan fingerprint density at radius 2 is 2.00 bits per heavy atom. The first-order valence-corrected chi connectivity index (χ1v) is 9.17. The Balaban J connectivity index is 2.06. The number of rotatable bonds is 5. The molecule has 2 aromatic rings. The van der Waals surface area contributed by atoms with E-state index in [0.29, 0.717) is 5.82 Å². The Hall–Kier alpha value is -2.07. The van der Waals surface area contributed by atoms with Crippen LogP contribution >= 0.6 is 0 Å². The lowest BCUT2D eigenvalue weighted by Gasteiger charge is -2.22. The fourth-order valence-corrected chi connectivity index (χ4v) is 3.36. The molecule has 0 bridgehead atoms. The summed E-state index contributed by atoms with van der Waals surface area (Å²) < 4.78 is 71.7.